The van der Waals surface area contributed by atoms with Crippen LogP contribution >= 0.6 is 0 Å². The van der Waals surface area contributed by atoms with E-state index in [1.165, 1.54) is 12.1 Å². The number of halogens is 1. The molecule has 31 heavy (non-hydrogen) atoms. The number of amides is 1. The quantitative estimate of drug-likeness (QED) is 0.556. The molecule has 0 bridgehead atoms. The number of benzene rings is 2. The second kappa shape index (κ2) is 8.77. The molecule has 3 aromatic rings. The van der Waals surface area contributed by atoms with E-state index in [4.69, 9.17) is 14.2 Å². The summed E-state index contributed by atoms with van der Waals surface area (Å²) in [4.78, 5) is 14.9. The summed E-state index contributed by atoms with van der Waals surface area (Å²) in [5.41, 5.74) is 3.21. The Hall–Kier alpha value is -3.39. The summed E-state index contributed by atoms with van der Waals surface area (Å²) < 4.78 is 30.0. The van der Waals surface area contributed by atoms with Crippen LogP contribution in [0.3, 0.4) is 0 Å². The molecule has 1 N–H and O–H groups in total. The molecule has 7 nitrogen and oxygen atoms in total. The Labute approximate surface area is 179 Å². The van der Waals surface area contributed by atoms with Crippen LogP contribution in [0.4, 0.5) is 4.39 Å². The van der Waals surface area contributed by atoms with E-state index in [1.54, 1.807) is 38.4 Å². The molecule has 1 aromatic heterocycles. The molecule has 0 spiro atoms. The summed E-state index contributed by atoms with van der Waals surface area (Å²) >= 11 is 0. The maximum absolute atomic E-state index is 14.1. The number of aromatic nitrogens is 2. The van der Waals surface area contributed by atoms with Gasteiger partial charge in [-0.15, -0.1) is 0 Å². The number of nitrogens with zero attached hydrogens (tertiary/aromatic N) is 2. The van der Waals surface area contributed by atoms with Crippen LogP contribution in [0.25, 0.3) is 11.3 Å². The fourth-order valence-corrected chi connectivity index (χ4v) is 4.03. The third-order valence-corrected chi connectivity index (χ3v) is 5.43. The van der Waals surface area contributed by atoms with Gasteiger partial charge in [-0.25, -0.2) is 4.39 Å². The summed E-state index contributed by atoms with van der Waals surface area (Å²) in [6.45, 7) is 0.996. The maximum Gasteiger partial charge on any atom is 0.273 e. The highest BCUT2D eigenvalue weighted by atomic mass is 19.1. The highest BCUT2D eigenvalue weighted by Gasteiger charge is 2.42. The molecule has 1 aliphatic rings. The average molecular weight is 425 g/mol. The van der Waals surface area contributed by atoms with E-state index in [1.807, 2.05) is 18.2 Å². The van der Waals surface area contributed by atoms with Crippen LogP contribution in [0.1, 0.15) is 34.1 Å². The predicted octanol–water partition coefficient (Wildman–Crippen LogP) is 3.81. The van der Waals surface area contributed by atoms with Crippen molar-refractivity contribution in [3.8, 4) is 22.8 Å². The third-order valence-electron chi connectivity index (χ3n) is 5.43. The van der Waals surface area contributed by atoms with Gasteiger partial charge in [0.25, 0.3) is 5.91 Å². The van der Waals surface area contributed by atoms with E-state index >= 15 is 0 Å². The topological polar surface area (TPSA) is 76.7 Å². The first kappa shape index (κ1) is 20.9. The number of aromatic amines is 1. The number of carbonyl (C=O) groups is 1. The molecule has 0 saturated carbocycles. The Morgan fingerprint density at radius 3 is 2.61 bits per heavy atom. The Morgan fingerprint density at radius 2 is 1.90 bits per heavy atom. The first-order valence-corrected chi connectivity index (χ1v) is 9.95. The van der Waals surface area contributed by atoms with Crippen LogP contribution in [0, 0.1) is 5.82 Å². The average Bonchev–Trinajstić information content (AvgIpc) is 3.32. The van der Waals surface area contributed by atoms with E-state index in [-0.39, 0.29) is 11.7 Å². The van der Waals surface area contributed by atoms with Crippen molar-refractivity contribution < 1.29 is 23.4 Å². The third kappa shape index (κ3) is 3.74. The number of nitrogens with one attached hydrogen (secondary N) is 1. The number of hydrogen-bond acceptors (Lipinski definition) is 5. The monoisotopic (exact) mass is 425 g/mol. The van der Waals surface area contributed by atoms with Crippen molar-refractivity contribution in [2.45, 2.75) is 12.5 Å². The SMILES string of the molecule is COCCCN1C(=O)c2[nH]nc(-c3ccc(OC)c(OC)c3)c2C1c1cccc(F)c1. The van der Waals surface area contributed by atoms with Gasteiger partial charge >= 0.3 is 0 Å². The first-order chi connectivity index (χ1) is 15.1. The highest BCUT2D eigenvalue weighted by Crippen LogP contribution is 2.44. The Bertz CT molecular complexity index is 1100. The zero-order valence-electron chi connectivity index (χ0n) is 17.6. The van der Waals surface area contributed by atoms with Gasteiger partial charge in [-0.1, -0.05) is 12.1 Å². The highest BCUT2D eigenvalue weighted by molar-refractivity contribution is 6.00. The number of hydrogen-bond donors (Lipinski definition) is 1. The minimum Gasteiger partial charge on any atom is -0.493 e. The van der Waals surface area contributed by atoms with Crippen LogP contribution in [0.5, 0.6) is 11.5 Å². The molecule has 162 valence electrons. The van der Waals surface area contributed by atoms with Gasteiger partial charge in [-0.2, -0.15) is 5.10 Å². The van der Waals surface area contributed by atoms with Crippen LogP contribution in [-0.4, -0.2) is 55.5 Å². The molecular weight excluding hydrogens is 401 g/mol. The lowest BCUT2D eigenvalue weighted by atomic mass is 9.95. The zero-order chi connectivity index (χ0) is 22.0. The van der Waals surface area contributed by atoms with Crippen LogP contribution < -0.4 is 9.47 Å². The van der Waals surface area contributed by atoms with E-state index in [0.29, 0.717) is 48.0 Å². The van der Waals surface area contributed by atoms with Crippen molar-refractivity contribution >= 4 is 5.91 Å². The predicted molar refractivity (Wildman–Crippen MR) is 113 cm³/mol. The van der Waals surface area contributed by atoms with E-state index < -0.39 is 6.04 Å². The summed E-state index contributed by atoms with van der Waals surface area (Å²) in [6.07, 6.45) is 0.664. The lowest BCUT2D eigenvalue weighted by Crippen LogP contribution is -2.31. The normalized spacial score (nSPS) is 15.3. The van der Waals surface area contributed by atoms with Crippen LogP contribution in [-0.2, 0) is 4.74 Å². The van der Waals surface area contributed by atoms with Crippen molar-refractivity contribution in [1.29, 1.82) is 0 Å². The van der Waals surface area contributed by atoms with E-state index in [9.17, 15) is 9.18 Å². The Balaban J connectivity index is 1.83. The van der Waals surface area contributed by atoms with Crippen molar-refractivity contribution in [2.24, 2.45) is 0 Å². The molecule has 0 fully saturated rings. The number of H-pyrrole nitrogens is 1. The Morgan fingerprint density at radius 1 is 1.10 bits per heavy atom. The lowest BCUT2D eigenvalue weighted by molar-refractivity contribution is 0.0723. The number of rotatable bonds is 8. The first-order valence-electron chi connectivity index (χ1n) is 9.95. The smallest absolute Gasteiger partial charge is 0.273 e. The number of ether oxygens (including phenoxy) is 3. The molecule has 1 aliphatic heterocycles. The van der Waals surface area contributed by atoms with Gasteiger partial charge in [0.05, 0.1) is 26.0 Å². The standard InChI is InChI=1S/C23H24FN3O4/c1-29-11-5-10-27-22(15-6-4-7-16(24)12-15)19-20(25-26-21(19)23(27)28)14-8-9-17(30-2)18(13-14)31-3/h4,6-9,12-13,22H,5,10-11H2,1-3H3,(H,25,26). The second-order valence-electron chi connectivity index (χ2n) is 7.23. The number of carbonyl (C=O) groups excluding carboxylic acids is 1. The van der Waals surface area contributed by atoms with Gasteiger partial charge in [0.15, 0.2) is 11.5 Å². The second-order valence-corrected chi connectivity index (χ2v) is 7.23. The molecule has 2 aromatic carbocycles. The zero-order valence-corrected chi connectivity index (χ0v) is 17.6. The van der Waals surface area contributed by atoms with Gasteiger partial charge in [-0.05, 0) is 42.3 Å². The Kier molecular flexibility index (Phi) is 5.90. The minimum absolute atomic E-state index is 0.167. The van der Waals surface area contributed by atoms with Gasteiger partial charge < -0.3 is 19.1 Å². The number of methoxy groups -OCH3 is 3. The van der Waals surface area contributed by atoms with Crippen LogP contribution in [0.2, 0.25) is 0 Å². The van der Waals surface area contributed by atoms with Crippen molar-refractivity contribution in [2.75, 3.05) is 34.5 Å². The summed E-state index contributed by atoms with van der Waals surface area (Å²) in [7, 11) is 4.75. The molecule has 8 heteroatoms. The minimum atomic E-state index is -0.461. The van der Waals surface area contributed by atoms with Crippen LogP contribution in [0.15, 0.2) is 42.5 Å². The maximum atomic E-state index is 14.1. The molecular formula is C23H24FN3O4. The molecule has 1 atom stereocenters. The summed E-state index contributed by atoms with van der Waals surface area (Å²) in [6, 6.07) is 11.3. The van der Waals surface area contributed by atoms with Gasteiger partial charge in [-0.3, -0.25) is 9.89 Å². The largest absolute Gasteiger partial charge is 0.493 e. The van der Waals surface area contributed by atoms with Crippen molar-refractivity contribution in [3.05, 3.63) is 65.1 Å². The molecule has 4 rings (SSSR count). The summed E-state index contributed by atoms with van der Waals surface area (Å²) in [5, 5.41) is 7.33. The molecule has 0 aliphatic carbocycles. The van der Waals surface area contributed by atoms with Gasteiger partial charge in [0.2, 0.25) is 0 Å². The fourth-order valence-electron chi connectivity index (χ4n) is 4.03. The van der Waals surface area contributed by atoms with Crippen molar-refractivity contribution in [1.82, 2.24) is 15.1 Å². The molecule has 2 heterocycles. The summed E-state index contributed by atoms with van der Waals surface area (Å²) in [5.74, 6) is 0.628. The molecule has 1 amide bonds. The van der Waals surface area contributed by atoms with Gasteiger partial charge in [0, 0.05) is 31.4 Å². The lowest BCUT2D eigenvalue weighted by Gasteiger charge is -2.26. The number of fused-ring (bicyclic) bond motifs is 1. The molecule has 0 saturated heterocycles. The van der Waals surface area contributed by atoms with Crippen molar-refractivity contribution in [3.63, 3.8) is 0 Å². The molecule has 1 unspecified atom stereocenters. The molecule has 0 radical (unpaired) electrons. The van der Waals surface area contributed by atoms with E-state index in [0.717, 1.165) is 11.1 Å². The fraction of sp³-hybridized carbons (Fsp3) is 0.304. The van der Waals surface area contributed by atoms with Gasteiger partial charge in [0.1, 0.15) is 11.5 Å². The van der Waals surface area contributed by atoms with E-state index in [2.05, 4.69) is 10.2 Å².